The zero-order valence-corrected chi connectivity index (χ0v) is 10.9. The Bertz CT molecular complexity index is 648. The molecule has 0 unspecified atom stereocenters. The second-order valence-corrected chi connectivity index (χ2v) is 5.14. The van der Waals surface area contributed by atoms with Crippen LogP contribution < -0.4 is 0 Å². The highest BCUT2D eigenvalue weighted by Gasteiger charge is 2.57. The maximum atomic E-state index is 12.0. The number of aliphatic carboxylic acids is 1. The van der Waals surface area contributed by atoms with Crippen molar-refractivity contribution in [3.63, 3.8) is 0 Å². The summed E-state index contributed by atoms with van der Waals surface area (Å²) in [6.07, 6.45) is -0.470. The van der Waals surface area contributed by atoms with Gasteiger partial charge in [-0.3, -0.25) is 4.79 Å². The molecule has 1 aromatic heterocycles. The molecule has 0 spiro atoms. The maximum Gasteiger partial charge on any atom is 0.353 e. The van der Waals surface area contributed by atoms with E-state index in [2.05, 4.69) is 0 Å². The van der Waals surface area contributed by atoms with Crippen molar-refractivity contribution in [1.29, 1.82) is 0 Å². The first-order valence-corrected chi connectivity index (χ1v) is 6.31. The first-order valence-electron chi connectivity index (χ1n) is 7.02. The van der Waals surface area contributed by atoms with Crippen molar-refractivity contribution < 1.29 is 25.6 Å². The number of β-lactam (4-membered cyclic amide) rings is 1. The van der Waals surface area contributed by atoms with E-state index in [-0.39, 0.29) is 24.5 Å². The average Bonchev–Trinajstić information content (AvgIpc) is 2.99. The summed E-state index contributed by atoms with van der Waals surface area (Å²) in [7, 11) is 0. The number of aryl methyl sites for hydroxylation is 1. The van der Waals surface area contributed by atoms with Crippen molar-refractivity contribution in [2.45, 2.75) is 32.4 Å². The molecule has 1 fully saturated rings. The van der Waals surface area contributed by atoms with Gasteiger partial charge < -0.3 is 19.5 Å². The fourth-order valence-corrected chi connectivity index (χ4v) is 3.03. The normalized spacial score (nSPS) is 27.2. The highest BCUT2D eigenvalue weighted by molar-refractivity contribution is 6.05. The van der Waals surface area contributed by atoms with Gasteiger partial charge in [0.2, 0.25) is 5.91 Å². The van der Waals surface area contributed by atoms with Crippen LogP contribution in [0.1, 0.15) is 26.2 Å². The summed E-state index contributed by atoms with van der Waals surface area (Å²) in [6.45, 7) is 1.50. The highest BCUT2D eigenvalue weighted by atomic mass is 16.4. The van der Waals surface area contributed by atoms with Gasteiger partial charge in [-0.2, -0.15) is 0 Å². The monoisotopic (exact) mass is 278 g/mol. The summed E-state index contributed by atoms with van der Waals surface area (Å²) >= 11 is 0. The Hall–Kier alpha value is -2.08. The van der Waals surface area contributed by atoms with Crippen LogP contribution in [0.5, 0.6) is 0 Å². The Balaban J connectivity index is 2.00. The van der Waals surface area contributed by atoms with E-state index in [0.717, 1.165) is 0 Å². The number of carbonyl (C=O) groups is 2. The summed E-state index contributed by atoms with van der Waals surface area (Å²) < 4.78 is 12.7. The van der Waals surface area contributed by atoms with Crippen molar-refractivity contribution in [3.05, 3.63) is 29.4 Å². The van der Waals surface area contributed by atoms with Crippen LogP contribution in [-0.2, 0) is 9.59 Å². The van der Waals surface area contributed by atoms with Gasteiger partial charge in [-0.05, 0) is 26.0 Å². The number of aliphatic hydroxyl groups excluding tert-OH is 1. The Morgan fingerprint density at radius 1 is 1.60 bits per heavy atom. The van der Waals surface area contributed by atoms with Gasteiger partial charge in [0.25, 0.3) is 0 Å². The van der Waals surface area contributed by atoms with Crippen LogP contribution in [0.25, 0.3) is 5.57 Å². The van der Waals surface area contributed by atoms with Crippen LogP contribution in [0.4, 0.5) is 0 Å². The molecule has 2 aliphatic rings. The summed E-state index contributed by atoms with van der Waals surface area (Å²) in [6, 6.07) is 2.91. The molecule has 0 radical (unpaired) electrons. The molecule has 1 saturated heterocycles. The quantitative estimate of drug-likeness (QED) is 0.805. The zero-order chi connectivity index (χ0) is 15.3. The third-order valence-corrected chi connectivity index (χ3v) is 3.89. The first-order chi connectivity index (χ1) is 9.95. The van der Waals surface area contributed by atoms with E-state index in [9.17, 15) is 19.8 Å². The number of furan rings is 1. The van der Waals surface area contributed by atoms with Crippen LogP contribution in [0.15, 0.2) is 22.2 Å². The summed E-state index contributed by atoms with van der Waals surface area (Å²) in [4.78, 5) is 24.8. The molecule has 0 bridgehead atoms. The van der Waals surface area contributed by atoms with Gasteiger partial charge in [0.1, 0.15) is 17.2 Å². The van der Waals surface area contributed by atoms with Crippen molar-refractivity contribution in [1.82, 2.24) is 4.90 Å². The fraction of sp³-hybridized carbons (Fsp3) is 0.429. The van der Waals surface area contributed by atoms with Crippen LogP contribution in [0, 0.1) is 12.8 Å². The molecule has 106 valence electrons. The Morgan fingerprint density at radius 2 is 2.35 bits per heavy atom. The third kappa shape index (κ3) is 1.61. The Morgan fingerprint density at radius 3 is 2.90 bits per heavy atom. The van der Waals surface area contributed by atoms with E-state index in [1.807, 2.05) is 0 Å². The summed E-state index contributed by atoms with van der Waals surface area (Å²) in [5.41, 5.74) is 0.372. The summed E-state index contributed by atoms with van der Waals surface area (Å²) in [5, 5.41) is 19.0. The van der Waals surface area contributed by atoms with Crippen LogP contribution in [0.3, 0.4) is 0 Å². The first kappa shape index (κ1) is 11.7. The van der Waals surface area contributed by atoms with Crippen LogP contribution in [-0.4, -0.2) is 39.1 Å². The number of nitrogens with zero attached hydrogens (tertiary/aromatic N) is 1. The van der Waals surface area contributed by atoms with E-state index in [0.29, 0.717) is 23.5 Å². The van der Waals surface area contributed by atoms with Crippen molar-refractivity contribution in [2.24, 2.45) is 5.92 Å². The van der Waals surface area contributed by atoms with Gasteiger partial charge in [0.05, 0.1) is 18.1 Å². The van der Waals surface area contributed by atoms with Gasteiger partial charge in [0.15, 0.2) is 0 Å². The smallest absolute Gasteiger partial charge is 0.353 e. The second-order valence-electron chi connectivity index (χ2n) is 5.14. The van der Waals surface area contributed by atoms with E-state index < -0.39 is 18.0 Å². The van der Waals surface area contributed by atoms with Crippen molar-refractivity contribution in [2.75, 3.05) is 0 Å². The predicted molar refractivity (Wildman–Crippen MR) is 68.4 cm³/mol. The number of amides is 1. The molecule has 3 rings (SSSR count). The molecule has 6 heteroatoms. The van der Waals surface area contributed by atoms with Crippen molar-refractivity contribution >= 4 is 17.4 Å². The fourth-order valence-electron chi connectivity index (χ4n) is 3.03. The minimum atomic E-state index is -1.19. The van der Waals surface area contributed by atoms with Crippen LogP contribution in [0.2, 0.25) is 0 Å². The lowest BCUT2D eigenvalue weighted by Crippen LogP contribution is -2.61. The number of fused-ring (bicyclic) bond motifs is 1. The second kappa shape index (κ2) is 4.21. The van der Waals surface area contributed by atoms with E-state index in [4.69, 9.17) is 5.79 Å². The molecular weight excluding hydrogens is 262 g/mol. The number of hydrogen-bond donors (Lipinski definition) is 2. The summed E-state index contributed by atoms with van der Waals surface area (Å²) in [5.74, 6) is -1.30. The number of carbonyl (C=O) groups excluding carboxylic acids is 1. The molecule has 3 atom stereocenters. The molecule has 0 saturated carbocycles. The third-order valence-electron chi connectivity index (χ3n) is 3.89. The molecule has 6 nitrogen and oxygen atoms in total. The molecule has 0 aliphatic carbocycles. The van der Waals surface area contributed by atoms with Gasteiger partial charge >= 0.3 is 5.97 Å². The predicted octanol–water partition coefficient (Wildman–Crippen LogP) is 0.995. The van der Waals surface area contributed by atoms with Gasteiger partial charge in [-0.25, -0.2) is 4.79 Å². The maximum absolute atomic E-state index is 12.0. The average molecular weight is 278 g/mol. The van der Waals surface area contributed by atoms with E-state index in [1.54, 1.807) is 12.1 Å². The molecule has 3 heterocycles. The molecule has 2 aliphatic heterocycles. The lowest BCUT2D eigenvalue weighted by molar-refractivity contribution is -0.161. The molecule has 20 heavy (non-hydrogen) atoms. The number of rotatable bonds is 3. The number of carboxylic acids is 1. The van der Waals surface area contributed by atoms with Gasteiger partial charge in [-0.15, -0.1) is 0 Å². The number of carboxylic acid groups (broad SMARTS) is 1. The van der Waals surface area contributed by atoms with Gasteiger partial charge in [0, 0.05) is 13.4 Å². The minimum absolute atomic E-state index is 0.0297. The van der Waals surface area contributed by atoms with Crippen LogP contribution >= 0.6 is 0 Å². The highest BCUT2D eigenvalue weighted by Crippen LogP contribution is 2.47. The topological polar surface area (TPSA) is 91.0 Å². The van der Waals surface area contributed by atoms with E-state index in [1.165, 1.54) is 11.8 Å². The zero-order valence-electron chi connectivity index (χ0n) is 11.9. The van der Waals surface area contributed by atoms with Crippen molar-refractivity contribution in [3.8, 4) is 0 Å². The number of aliphatic hydroxyl groups is 1. The largest absolute Gasteiger partial charge is 0.477 e. The molecule has 1 amide bonds. The number of hydrogen-bond acceptors (Lipinski definition) is 4. The standard InChI is InChI=1S/C14H15NO5/c1-6-3-4-10(20-6)8-5-9-11(7(2)16)13(17)15(9)12(8)14(18)19/h3-4,7,9,11,16H,5H2,1-2H3,(H,18,19)/t7-,9-,11-/m1/s1/i1D. The lowest BCUT2D eigenvalue weighted by Gasteiger charge is -2.44. The SMILES string of the molecule is [2H]Cc1ccc(C2=C(C(=O)O)N3C(=O)[C@H]([C@@H](C)O)[C@H]3C2)o1. The molecule has 0 aromatic carbocycles. The Labute approximate surface area is 116 Å². The molecule has 1 aromatic rings. The lowest BCUT2D eigenvalue weighted by atomic mass is 9.83. The molecule has 2 N–H and O–H groups in total. The van der Waals surface area contributed by atoms with Gasteiger partial charge in [-0.1, -0.05) is 0 Å². The van der Waals surface area contributed by atoms with E-state index >= 15 is 0 Å². The molecular formula is C14H15NO5. The minimum Gasteiger partial charge on any atom is -0.477 e. The Kier molecular flexibility index (Phi) is 2.47.